The highest BCUT2D eigenvalue weighted by molar-refractivity contribution is 6.31. The van der Waals surface area contributed by atoms with Crippen LogP contribution >= 0.6 is 11.6 Å². The Morgan fingerprint density at radius 2 is 2.19 bits per heavy atom. The molecule has 1 heterocycles. The zero-order chi connectivity index (χ0) is 15.2. The highest BCUT2D eigenvalue weighted by Crippen LogP contribution is 2.25. The summed E-state index contributed by atoms with van der Waals surface area (Å²) in [5, 5.41) is 3.82. The van der Waals surface area contributed by atoms with E-state index in [2.05, 4.69) is 24.1 Å². The van der Waals surface area contributed by atoms with Crippen molar-refractivity contribution in [3.63, 3.8) is 0 Å². The topological polar surface area (TPSA) is 15.3 Å². The summed E-state index contributed by atoms with van der Waals surface area (Å²) >= 11 is 6.09. The van der Waals surface area contributed by atoms with Crippen LogP contribution in [0.4, 0.5) is 4.39 Å². The van der Waals surface area contributed by atoms with E-state index in [1.165, 1.54) is 25.3 Å². The summed E-state index contributed by atoms with van der Waals surface area (Å²) in [6.07, 6.45) is 3.70. The average molecular weight is 313 g/mol. The number of hydrogen-bond acceptors (Lipinski definition) is 2. The van der Waals surface area contributed by atoms with Crippen molar-refractivity contribution in [1.29, 1.82) is 0 Å². The van der Waals surface area contributed by atoms with Crippen LogP contribution in [-0.2, 0) is 6.54 Å². The summed E-state index contributed by atoms with van der Waals surface area (Å²) in [6, 6.07) is 5.62. The second kappa shape index (κ2) is 8.11. The fourth-order valence-electron chi connectivity index (χ4n) is 2.93. The minimum atomic E-state index is -0.319. The van der Waals surface area contributed by atoms with E-state index in [0.29, 0.717) is 12.0 Å². The Labute approximate surface area is 132 Å². The van der Waals surface area contributed by atoms with Gasteiger partial charge in [-0.15, -0.1) is 0 Å². The Morgan fingerprint density at radius 3 is 2.95 bits per heavy atom. The van der Waals surface area contributed by atoms with Crippen LogP contribution in [0.5, 0.6) is 0 Å². The summed E-state index contributed by atoms with van der Waals surface area (Å²) in [5.74, 6) is 0.348. The van der Waals surface area contributed by atoms with Crippen LogP contribution in [0.3, 0.4) is 0 Å². The molecule has 1 atom stereocenters. The molecule has 1 saturated heterocycles. The van der Waals surface area contributed by atoms with E-state index < -0.39 is 0 Å². The molecule has 1 fully saturated rings. The Bertz CT molecular complexity index is 450. The molecule has 1 aliphatic rings. The SMILES string of the molecule is CC(C)CNCC1CCCCN1Cc1cccc(F)c1Cl. The molecule has 0 aliphatic carbocycles. The zero-order valence-corrected chi connectivity index (χ0v) is 13.8. The molecule has 1 unspecified atom stereocenters. The van der Waals surface area contributed by atoms with E-state index in [4.69, 9.17) is 11.6 Å². The lowest BCUT2D eigenvalue weighted by molar-refractivity contribution is 0.137. The number of hydrogen-bond donors (Lipinski definition) is 1. The molecule has 2 nitrogen and oxygen atoms in total. The molecule has 4 heteroatoms. The molecular weight excluding hydrogens is 287 g/mol. The molecule has 0 saturated carbocycles. The van der Waals surface area contributed by atoms with Gasteiger partial charge in [0.15, 0.2) is 0 Å². The van der Waals surface area contributed by atoms with Gasteiger partial charge in [0.2, 0.25) is 0 Å². The quantitative estimate of drug-likeness (QED) is 0.851. The first-order valence-electron chi connectivity index (χ1n) is 7.95. The van der Waals surface area contributed by atoms with Gasteiger partial charge in [0.05, 0.1) is 5.02 Å². The lowest BCUT2D eigenvalue weighted by atomic mass is 10.0. The third kappa shape index (κ3) is 4.94. The standard InChI is InChI=1S/C17H26ClFN2/c1-13(2)10-20-11-15-7-3-4-9-21(15)12-14-6-5-8-16(19)17(14)18/h5-6,8,13,15,20H,3-4,7,9-12H2,1-2H3. The lowest BCUT2D eigenvalue weighted by Crippen LogP contribution is -2.45. The largest absolute Gasteiger partial charge is 0.315 e. The van der Waals surface area contributed by atoms with E-state index in [0.717, 1.165) is 31.7 Å². The Hall–Kier alpha value is -0.640. The van der Waals surface area contributed by atoms with Gasteiger partial charge in [-0.1, -0.05) is 44.0 Å². The summed E-state index contributed by atoms with van der Waals surface area (Å²) in [7, 11) is 0. The van der Waals surface area contributed by atoms with Crippen LogP contribution in [0, 0.1) is 11.7 Å². The molecule has 0 amide bonds. The molecule has 0 aromatic heterocycles. The lowest BCUT2D eigenvalue weighted by Gasteiger charge is -2.36. The number of nitrogens with one attached hydrogen (secondary N) is 1. The molecule has 21 heavy (non-hydrogen) atoms. The van der Waals surface area contributed by atoms with Gasteiger partial charge in [-0.2, -0.15) is 0 Å². The predicted molar refractivity (Wildman–Crippen MR) is 87.2 cm³/mol. The maximum atomic E-state index is 13.6. The third-order valence-corrected chi connectivity index (χ3v) is 4.51. The molecule has 1 N–H and O–H groups in total. The maximum absolute atomic E-state index is 13.6. The van der Waals surface area contributed by atoms with Gasteiger partial charge in [-0.05, 0) is 43.5 Å². The first kappa shape index (κ1) is 16.7. The molecule has 0 bridgehead atoms. The van der Waals surface area contributed by atoms with Crippen molar-refractivity contribution in [2.45, 2.75) is 45.7 Å². The number of likely N-dealkylation sites (tertiary alicyclic amines) is 1. The first-order valence-corrected chi connectivity index (χ1v) is 8.33. The fourth-order valence-corrected chi connectivity index (χ4v) is 3.11. The molecular formula is C17H26ClFN2. The monoisotopic (exact) mass is 312 g/mol. The van der Waals surface area contributed by atoms with Crippen molar-refractivity contribution in [1.82, 2.24) is 10.2 Å². The van der Waals surface area contributed by atoms with E-state index in [1.807, 2.05) is 6.07 Å². The van der Waals surface area contributed by atoms with Gasteiger partial charge >= 0.3 is 0 Å². The van der Waals surface area contributed by atoms with E-state index >= 15 is 0 Å². The average Bonchev–Trinajstić information content (AvgIpc) is 2.45. The highest BCUT2D eigenvalue weighted by atomic mass is 35.5. The molecule has 2 rings (SSSR count). The number of nitrogens with zero attached hydrogens (tertiary/aromatic N) is 1. The molecule has 0 radical (unpaired) electrons. The van der Waals surface area contributed by atoms with Crippen molar-refractivity contribution in [2.75, 3.05) is 19.6 Å². The van der Waals surface area contributed by atoms with Crippen molar-refractivity contribution in [3.05, 3.63) is 34.6 Å². The van der Waals surface area contributed by atoms with Crippen LogP contribution in [0.15, 0.2) is 18.2 Å². The van der Waals surface area contributed by atoms with Crippen molar-refractivity contribution < 1.29 is 4.39 Å². The van der Waals surface area contributed by atoms with Crippen LogP contribution in [-0.4, -0.2) is 30.6 Å². The van der Waals surface area contributed by atoms with Gasteiger partial charge in [0, 0.05) is 19.1 Å². The number of benzene rings is 1. The summed E-state index contributed by atoms with van der Waals surface area (Å²) in [5.41, 5.74) is 0.896. The number of halogens is 2. The summed E-state index contributed by atoms with van der Waals surface area (Å²) < 4.78 is 13.6. The minimum Gasteiger partial charge on any atom is -0.315 e. The molecule has 1 aromatic carbocycles. The van der Waals surface area contributed by atoms with E-state index in [9.17, 15) is 4.39 Å². The van der Waals surface area contributed by atoms with Gasteiger partial charge in [-0.25, -0.2) is 4.39 Å². The first-order chi connectivity index (χ1) is 10.1. The van der Waals surface area contributed by atoms with Crippen LogP contribution in [0.1, 0.15) is 38.7 Å². The van der Waals surface area contributed by atoms with Gasteiger partial charge in [0.1, 0.15) is 5.82 Å². The third-order valence-electron chi connectivity index (χ3n) is 4.09. The van der Waals surface area contributed by atoms with Crippen molar-refractivity contribution in [2.24, 2.45) is 5.92 Å². The Morgan fingerprint density at radius 1 is 1.38 bits per heavy atom. The maximum Gasteiger partial charge on any atom is 0.142 e. The Kier molecular flexibility index (Phi) is 6.46. The number of rotatable bonds is 6. The molecule has 118 valence electrons. The predicted octanol–water partition coefficient (Wildman–Crippen LogP) is 4.08. The molecule has 1 aromatic rings. The van der Waals surface area contributed by atoms with Crippen LogP contribution < -0.4 is 5.32 Å². The summed E-state index contributed by atoms with van der Waals surface area (Å²) in [4.78, 5) is 2.44. The minimum absolute atomic E-state index is 0.275. The van der Waals surface area contributed by atoms with Crippen LogP contribution in [0.2, 0.25) is 5.02 Å². The zero-order valence-electron chi connectivity index (χ0n) is 13.0. The van der Waals surface area contributed by atoms with E-state index in [-0.39, 0.29) is 10.8 Å². The number of piperidine rings is 1. The van der Waals surface area contributed by atoms with Gasteiger partial charge in [0.25, 0.3) is 0 Å². The summed E-state index contributed by atoms with van der Waals surface area (Å²) in [6.45, 7) is 8.30. The van der Waals surface area contributed by atoms with Crippen molar-refractivity contribution >= 4 is 11.6 Å². The normalized spacial score (nSPS) is 20.1. The Balaban J connectivity index is 1.96. The van der Waals surface area contributed by atoms with Crippen LogP contribution in [0.25, 0.3) is 0 Å². The highest BCUT2D eigenvalue weighted by Gasteiger charge is 2.23. The smallest absolute Gasteiger partial charge is 0.142 e. The molecule has 1 aliphatic heterocycles. The molecule has 0 spiro atoms. The fraction of sp³-hybridized carbons (Fsp3) is 0.647. The van der Waals surface area contributed by atoms with Crippen molar-refractivity contribution in [3.8, 4) is 0 Å². The van der Waals surface area contributed by atoms with Gasteiger partial charge in [-0.3, -0.25) is 4.90 Å². The van der Waals surface area contributed by atoms with E-state index in [1.54, 1.807) is 6.07 Å². The second-order valence-corrected chi connectivity index (χ2v) is 6.76. The van der Waals surface area contributed by atoms with Gasteiger partial charge < -0.3 is 5.32 Å². The second-order valence-electron chi connectivity index (χ2n) is 6.39.